The monoisotopic (exact) mass is 194 g/mol. The molecule has 1 heteroatoms. The first-order chi connectivity index (χ1) is 6.66. The summed E-state index contributed by atoms with van der Waals surface area (Å²) in [6.45, 7) is 4.60. The van der Waals surface area contributed by atoms with Crippen LogP contribution in [0.3, 0.4) is 0 Å². The molecule has 0 aromatic rings. The predicted octanol–water partition coefficient (Wildman–Crippen LogP) is 3.43. The van der Waals surface area contributed by atoms with E-state index in [4.69, 9.17) is 0 Å². The van der Waals surface area contributed by atoms with E-state index in [-0.39, 0.29) is 0 Å². The molecule has 2 atom stereocenters. The van der Waals surface area contributed by atoms with E-state index in [2.05, 4.69) is 13.8 Å². The normalized spacial score (nSPS) is 39.1. The lowest BCUT2D eigenvalue weighted by Gasteiger charge is -2.35. The van der Waals surface area contributed by atoms with Gasteiger partial charge in [-0.3, -0.25) is 4.79 Å². The Labute approximate surface area is 87.3 Å². The molecule has 2 saturated carbocycles. The summed E-state index contributed by atoms with van der Waals surface area (Å²) in [5.41, 5.74) is 0. The van der Waals surface area contributed by atoms with E-state index in [0.717, 1.165) is 11.8 Å². The number of rotatable bonds is 2. The summed E-state index contributed by atoms with van der Waals surface area (Å²) in [6.07, 6.45) is 7.30. The minimum absolute atomic E-state index is 0.416. The van der Waals surface area contributed by atoms with Crippen LogP contribution in [0.5, 0.6) is 0 Å². The molecular weight excluding hydrogens is 172 g/mol. The number of carbonyl (C=O) groups excluding carboxylic acids is 1. The molecule has 80 valence electrons. The average Bonchev–Trinajstić information content (AvgIpc) is 1.98. The van der Waals surface area contributed by atoms with Gasteiger partial charge in [0, 0.05) is 11.8 Å². The fourth-order valence-corrected chi connectivity index (χ4v) is 3.21. The summed E-state index contributed by atoms with van der Waals surface area (Å²) in [6, 6.07) is 0. The maximum Gasteiger partial charge on any atom is 0.139 e. The predicted molar refractivity (Wildman–Crippen MR) is 58.0 cm³/mol. The smallest absolute Gasteiger partial charge is 0.139 e. The topological polar surface area (TPSA) is 17.1 Å². The molecular formula is C13H22O. The fourth-order valence-electron chi connectivity index (χ4n) is 3.21. The third-order valence-corrected chi connectivity index (χ3v) is 4.09. The van der Waals surface area contributed by atoms with E-state index >= 15 is 0 Å². The van der Waals surface area contributed by atoms with Gasteiger partial charge in [0.25, 0.3) is 0 Å². The lowest BCUT2D eigenvalue weighted by atomic mass is 9.69. The molecule has 0 saturated heterocycles. The largest absolute Gasteiger partial charge is 0.299 e. The van der Waals surface area contributed by atoms with Gasteiger partial charge in [-0.1, -0.05) is 20.3 Å². The molecule has 2 aliphatic carbocycles. The third-order valence-electron chi connectivity index (χ3n) is 4.09. The number of ketones is 1. The van der Waals surface area contributed by atoms with Crippen molar-refractivity contribution < 1.29 is 4.79 Å². The SMILES string of the molecule is CC1CC(C)CC(C(=O)C2CCC2)C1. The van der Waals surface area contributed by atoms with Crippen molar-refractivity contribution >= 4 is 5.78 Å². The maximum atomic E-state index is 12.1. The highest BCUT2D eigenvalue weighted by atomic mass is 16.1. The quantitative estimate of drug-likeness (QED) is 0.658. The average molecular weight is 194 g/mol. The Bertz CT molecular complexity index is 207. The fraction of sp³-hybridized carbons (Fsp3) is 0.923. The van der Waals surface area contributed by atoms with Crippen LogP contribution < -0.4 is 0 Å². The lowest BCUT2D eigenvalue weighted by molar-refractivity contribution is -0.131. The van der Waals surface area contributed by atoms with E-state index in [9.17, 15) is 4.79 Å². The van der Waals surface area contributed by atoms with Crippen molar-refractivity contribution in [2.75, 3.05) is 0 Å². The van der Waals surface area contributed by atoms with Gasteiger partial charge in [0.2, 0.25) is 0 Å². The second-order valence-electron chi connectivity index (χ2n) is 5.64. The van der Waals surface area contributed by atoms with Gasteiger partial charge in [0.1, 0.15) is 5.78 Å². The van der Waals surface area contributed by atoms with Gasteiger partial charge >= 0.3 is 0 Å². The van der Waals surface area contributed by atoms with Crippen molar-refractivity contribution in [3.8, 4) is 0 Å². The lowest BCUT2D eigenvalue weighted by Crippen LogP contribution is -2.33. The van der Waals surface area contributed by atoms with Crippen molar-refractivity contribution in [2.24, 2.45) is 23.7 Å². The molecule has 0 N–H and O–H groups in total. The molecule has 0 aliphatic heterocycles. The molecule has 14 heavy (non-hydrogen) atoms. The van der Waals surface area contributed by atoms with Gasteiger partial charge in [0.15, 0.2) is 0 Å². The van der Waals surface area contributed by atoms with Crippen LogP contribution in [0, 0.1) is 23.7 Å². The zero-order valence-corrected chi connectivity index (χ0v) is 9.46. The summed E-state index contributed by atoms with van der Waals surface area (Å²) in [7, 11) is 0. The zero-order valence-electron chi connectivity index (χ0n) is 9.46. The van der Waals surface area contributed by atoms with Gasteiger partial charge in [-0.05, 0) is 43.9 Å². The Morgan fingerprint density at radius 2 is 1.50 bits per heavy atom. The molecule has 2 rings (SSSR count). The second-order valence-corrected chi connectivity index (χ2v) is 5.64. The summed E-state index contributed by atoms with van der Waals surface area (Å²) >= 11 is 0. The highest BCUT2D eigenvalue weighted by Crippen LogP contribution is 2.38. The number of carbonyl (C=O) groups is 1. The summed E-state index contributed by atoms with van der Waals surface area (Å²) in [5, 5.41) is 0. The van der Waals surface area contributed by atoms with Gasteiger partial charge < -0.3 is 0 Å². The minimum Gasteiger partial charge on any atom is -0.299 e. The standard InChI is InChI=1S/C13H22O/c1-9-6-10(2)8-12(7-9)13(14)11-4-3-5-11/h9-12H,3-8H2,1-2H3. The van der Waals surface area contributed by atoms with Crippen molar-refractivity contribution in [3.63, 3.8) is 0 Å². The van der Waals surface area contributed by atoms with Gasteiger partial charge in [0.05, 0.1) is 0 Å². The maximum absolute atomic E-state index is 12.1. The summed E-state index contributed by atoms with van der Waals surface area (Å²) in [4.78, 5) is 12.1. The van der Waals surface area contributed by atoms with E-state index in [0.29, 0.717) is 17.6 Å². The Morgan fingerprint density at radius 1 is 0.929 bits per heavy atom. The van der Waals surface area contributed by atoms with Crippen LogP contribution in [0.15, 0.2) is 0 Å². The molecule has 0 spiro atoms. The first kappa shape index (κ1) is 10.2. The summed E-state index contributed by atoms with van der Waals surface area (Å²) < 4.78 is 0. The molecule has 1 nitrogen and oxygen atoms in total. The van der Waals surface area contributed by atoms with Crippen molar-refractivity contribution in [3.05, 3.63) is 0 Å². The first-order valence-corrected chi connectivity index (χ1v) is 6.20. The Morgan fingerprint density at radius 3 is 1.93 bits per heavy atom. The molecule has 0 aromatic heterocycles. The van der Waals surface area contributed by atoms with E-state index in [1.165, 1.54) is 38.5 Å². The van der Waals surface area contributed by atoms with Gasteiger partial charge in [-0.15, -0.1) is 0 Å². The van der Waals surface area contributed by atoms with Gasteiger partial charge in [-0.25, -0.2) is 0 Å². The van der Waals surface area contributed by atoms with Crippen LogP contribution in [0.1, 0.15) is 52.4 Å². The number of hydrogen-bond acceptors (Lipinski definition) is 1. The molecule has 0 bridgehead atoms. The van der Waals surface area contributed by atoms with Crippen LogP contribution in [0.4, 0.5) is 0 Å². The molecule has 0 amide bonds. The molecule has 2 aliphatic rings. The van der Waals surface area contributed by atoms with E-state index < -0.39 is 0 Å². The van der Waals surface area contributed by atoms with Crippen molar-refractivity contribution in [1.82, 2.24) is 0 Å². The molecule has 0 aromatic carbocycles. The van der Waals surface area contributed by atoms with Crippen LogP contribution in [-0.4, -0.2) is 5.78 Å². The summed E-state index contributed by atoms with van der Waals surface area (Å²) in [5.74, 6) is 3.02. The van der Waals surface area contributed by atoms with Crippen molar-refractivity contribution in [2.45, 2.75) is 52.4 Å². The van der Waals surface area contributed by atoms with Crippen molar-refractivity contribution in [1.29, 1.82) is 0 Å². The van der Waals surface area contributed by atoms with Crippen LogP contribution in [0.25, 0.3) is 0 Å². The Kier molecular flexibility index (Phi) is 2.94. The zero-order chi connectivity index (χ0) is 10.1. The molecule has 0 heterocycles. The molecule has 2 fully saturated rings. The minimum atomic E-state index is 0.416. The Hall–Kier alpha value is -0.330. The van der Waals surface area contributed by atoms with Crippen LogP contribution >= 0.6 is 0 Å². The van der Waals surface area contributed by atoms with Gasteiger partial charge in [-0.2, -0.15) is 0 Å². The molecule has 0 radical (unpaired) electrons. The van der Waals surface area contributed by atoms with E-state index in [1.54, 1.807) is 0 Å². The van der Waals surface area contributed by atoms with Crippen LogP contribution in [0.2, 0.25) is 0 Å². The first-order valence-electron chi connectivity index (χ1n) is 6.20. The third kappa shape index (κ3) is 2.02. The molecule has 2 unspecified atom stereocenters. The second kappa shape index (κ2) is 4.04. The highest BCUT2D eigenvalue weighted by Gasteiger charge is 2.34. The highest BCUT2D eigenvalue weighted by molar-refractivity contribution is 5.84. The number of hydrogen-bond donors (Lipinski definition) is 0. The Balaban J connectivity index is 1.92. The van der Waals surface area contributed by atoms with Crippen LogP contribution in [-0.2, 0) is 4.79 Å². The van der Waals surface area contributed by atoms with E-state index in [1.807, 2.05) is 0 Å². The number of Topliss-reactive ketones (excluding diaryl/α,β-unsaturated/α-hetero) is 1.